The van der Waals surface area contributed by atoms with E-state index < -0.39 is 22.5 Å². The zero-order chi connectivity index (χ0) is 21.4. The van der Waals surface area contributed by atoms with Gasteiger partial charge in [-0.15, -0.1) is 0 Å². The van der Waals surface area contributed by atoms with Crippen LogP contribution in [-0.2, 0) is 21.4 Å². The first-order valence-electron chi connectivity index (χ1n) is 9.15. The molecule has 0 saturated heterocycles. The maximum atomic E-state index is 13.1. The number of sulfonamides is 1. The van der Waals surface area contributed by atoms with Crippen molar-refractivity contribution in [3.63, 3.8) is 0 Å². The van der Waals surface area contributed by atoms with Crippen LogP contribution in [0.25, 0.3) is 0 Å². The lowest BCUT2D eigenvalue weighted by Crippen LogP contribution is -2.39. The van der Waals surface area contributed by atoms with Gasteiger partial charge in [0.05, 0.1) is 17.7 Å². The number of hydrogen-bond acceptors (Lipinski definition) is 5. The normalized spacial score (nSPS) is 11.6. The topological polar surface area (TPSA) is 99.1 Å². The van der Waals surface area contributed by atoms with Gasteiger partial charge < -0.3 is 5.11 Å². The highest BCUT2D eigenvalue weighted by Gasteiger charge is 2.26. The van der Waals surface area contributed by atoms with Gasteiger partial charge in [-0.05, 0) is 35.4 Å². The van der Waals surface area contributed by atoms with Crippen molar-refractivity contribution in [1.29, 1.82) is 0 Å². The molecule has 3 aromatic rings. The minimum absolute atomic E-state index is 0.0434. The predicted molar refractivity (Wildman–Crippen MR) is 114 cm³/mol. The van der Waals surface area contributed by atoms with Crippen molar-refractivity contribution in [2.24, 2.45) is 5.10 Å². The highest BCUT2D eigenvalue weighted by Crippen LogP contribution is 2.18. The first kappa shape index (κ1) is 21.2. The van der Waals surface area contributed by atoms with Crippen molar-refractivity contribution in [1.82, 2.24) is 9.73 Å². The molecule has 0 aromatic heterocycles. The molecule has 3 rings (SSSR count). The number of hydrogen-bond donors (Lipinski definition) is 2. The van der Waals surface area contributed by atoms with Gasteiger partial charge in [-0.3, -0.25) is 4.79 Å². The summed E-state index contributed by atoms with van der Waals surface area (Å²) < 4.78 is 27.3. The summed E-state index contributed by atoms with van der Waals surface area (Å²) >= 11 is 0. The third-order valence-corrected chi connectivity index (χ3v) is 5.98. The Kier molecular flexibility index (Phi) is 6.95. The van der Waals surface area contributed by atoms with E-state index >= 15 is 0 Å². The van der Waals surface area contributed by atoms with Gasteiger partial charge in [-0.25, -0.2) is 13.8 Å². The van der Waals surface area contributed by atoms with Crippen LogP contribution in [-0.4, -0.2) is 36.5 Å². The van der Waals surface area contributed by atoms with Gasteiger partial charge in [-0.1, -0.05) is 60.7 Å². The number of hydrazone groups is 1. The molecule has 0 spiro atoms. The number of nitrogens with one attached hydrogen (secondary N) is 1. The van der Waals surface area contributed by atoms with Gasteiger partial charge in [0.2, 0.25) is 10.0 Å². The molecule has 0 aliphatic heterocycles. The Hall–Kier alpha value is -3.49. The molecular weight excluding hydrogens is 402 g/mol. The summed E-state index contributed by atoms with van der Waals surface area (Å²) in [4.78, 5) is 12.5. The Morgan fingerprint density at radius 3 is 2.30 bits per heavy atom. The summed E-state index contributed by atoms with van der Waals surface area (Å²) in [6, 6.07) is 23.4. The van der Waals surface area contributed by atoms with Crippen LogP contribution in [0.5, 0.6) is 5.75 Å². The number of rotatable bonds is 8. The van der Waals surface area contributed by atoms with E-state index in [1.807, 2.05) is 18.2 Å². The Balaban J connectivity index is 1.75. The molecule has 0 unspecified atom stereocenters. The van der Waals surface area contributed by atoms with Crippen molar-refractivity contribution in [3.05, 3.63) is 96.1 Å². The second-order valence-electron chi connectivity index (χ2n) is 6.46. The smallest absolute Gasteiger partial charge is 0.255 e. The summed E-state index contributed by atoms with van der Waals surface area (Å²) in [7, 11) is -3.89. The second-order valence-corrected chi connectivity index (χ2v) is 8.40. The third-order valence-electron chi connectivity index (χ3n) is 4.18. The molecule has 7 nitrogen and oxygen atoms in total. The standard InChI is InChI=1S/C22H21N3O4S/c26-20-11-7-10-19(14-20)15-23-24-22(27)17-25(16-18-8-3-1-4-9-18)30(28,29)21-12-5-2-6-13-21/h1-15,26H,16-17H2,(H,24,27)/b23-15-. The van der Waals surface area contributed by atoms with Crippen molar-refractivity contribution in [3.8, 4) is 5.75 Å². The van der Waals surface area contributed by atoms with Crippen LogP contribution in [0.1, 0.15) is 11.1 Å². The molecule has 1 amide bonds. The molecule has 3 aromatic carbocycles. The van der Waals surface area contributed by atoms with Crippen LogP contribution in [0, 0.1) is 0 Å². The maximum absolute atomic E-state index is 13.1. The zero-order valence-corrected chi connectivity index (χ0v) is 16.9. The minimum atomic E-state index is -3.89. The van der Waals surface area contributed by atoms with Crippen LogP contribution < -0.4 is 5.43 Å². The summed E-state index contributed by atoms with van der Waals surface area (Å²) in [5.41, 5.74) is 3.68. The fraction of sp³-hybridized carbons (Fsp3) is 0.0909. The van der Waals surface area contributed by atoms with Crippen molar-refractivity contribution >= 4 is 22.1 Å². The van der Waals surface area contributed by atoms with E-state index in [0.717, 1.165) is 9.87 Å². The van der Waals surface area contributed by atoms with E-state index in [9.17, 15) is 18.3 Å². The van der Waals surface area contributed by atoms with Gasteiger partial charge in [-0.2, -0.15) is 9.41 Å². The third kappa shape index (κ3) is 5.76. The molecule has 0 aliphatic carbocycles. The van der Waals surface area contributed by atoms with Crippen LogP contribution in [0.2, 0.25) is 0 Å². The van der Waals surface area contributed by atoms with Crippen LogP contribution in [0.4, 0.5) is 0 Å². The van der Waals surface area contributed by atoms with E-state index in [-0.39, 0.29) is 17.2 Å². The summed E-state index contributed by atoms with van der Waals surface area (Å²) in [6.45, 7) is -0.356. The number of benzene rings is 3. The second kappa shape index (κ2) is 9.82. The molecule has 0 aliphatic rings. The van der Waals surface area contributed by atoms with E-state index in [1.54, 1.807) is 42.5 Å². The summed E-state index contributed by atoms with van der Waals surface area (Å²) in [5, 5.41) is 13.3. The molecule has 0 atom stereocenters. The summed E-state index contributed by atoms with van der Waals surface area (Å²) in [6.07, 6.45) is 1.37. The molecule has 0 radical (unpaired) electrons. The van der Waals surface area contributed by atoms with Gasteiger partial charge in [0.25, 0.3) is 5.91 Å². The van der Waals surface area contributed by atoms with Gasteiger partial charge in [0.1, 0.15) is 5.75 Å². The highest BCUT2D eigenvalue weighted by atomic mass is 32.2. The molecular formula is C22H21N3O4S. The number of nitrogens with zero attached hydrogens (tertiary/aromatic N) is 2. The quantitative estimate of drug-likeness (QED) is 0.430. The number of amides is 1. The number of carbonyl (C=O) groups is 1. The predicted octanol–water partition coefficient (Wildman–Crippen LogP) is 2.73. The van der Waals surface area contributed by atoms with E-state index in [4.69, 9.17) is 0 Å². The Labute approximate surface area is 175 Å². The largest absolute Gasteiger partial charge is 0.508 e. The molecule has 0 heterocycles. The van der Waals surface area contributed by atoms with E-state index in [0.29, 0.717) is 5.56 Å². The maximum Gasteiger partial charge on any atom is 0.255 e. The molecule has 30 heavy (non-hydrogen) atoms. The Morgan fingerprint density at radius 2 is 1.63 bits per heavy atom. The van der Waals surface area contributed by atoms with Crippen LogP contribution in [0.3, 0.4) is 0 Å². The highest BCUT2D eigenvalue weighted by molar-refractivity contribution is 7.89. The fourth-order valence-electron chi connectivity index (χ4n) is 2.73. The van der Waals surface area contributed by atoms with Gasteiger partial charge >= 0.3 is 0 Å². The molecule has 0 bridgehead atoms. The molecule has 0 fully saturated rings. The van der Waals surface area contributed by atoms with E-state index in [2.05, 4.69) is 10.5 Å². The van der Waals surface area contributed by atoms with Crippen LogP contribution >= 0.6 is 0 Å². The average molecular weight is 423 g/mol. The summed E-state index contributed by atoms with van der Waals surface area (Å²) in [5.74, 6) is -0.505. The average Bonchev–Trinajstić information content (AvgIpc) is 2.75. The molecule has 154 valence electrons. The Bertz CT molecular complexity index is 1120. The first-order valence-corrected chi connectivity index (χ1v) is 10.6. The fourth-order valence-corrected chi connectivity index (χ4v) is 4.14. The van der Waals surface area contributed by atoms with Crippen molar-refractivity contribution in [2.75, 3.05) is 6.54 Å². The first-order chi connectivity index (χ1) is 14.4. The van der Waals surface area contributed by atoms with Gasteiger partial charge in [0.15, 0.2) is 0 Å². The minimum Gasteiger partial charge on any atom is -0.508 e. The SMILES string of the molecule is O=C(CN(Cc1ccccc1)S(=O)(=O)c1ccccc1)N/N=C\c1cccc(O)c1. The van der Waals surface area contributed by atoms with Crippen LogP contribution in [0.15, 0.2) is 94.9 Å². The number of aromatic hydroxyl groups is 1. The van der Waals surface area contributed by atoms with E-state index in [1.165, 1.54) is 30.5 Å². The number of phenolic OH excluding ortho intramolecular Hbond substituents is 1. The molecule has 0 saturated carbocycles. The zero-order valence-electron chi connectivity index (χ0n) is 16.0. The number of phenols is 1. The lowest BCUT2D eigenvalue weighted by molar-refractivity contribution is -0.121. The van der Waals surface area contributed by atoms with Crippen molar-refractivity contribution in [2.45, 2.75) is 11.4 Å². The van der Waals surface area contributed by atoms with Crippen molar-refractivity contribution < 1.29 is 18.3 Å². The lowest BCUT2D eigenvalue weighted by Gasteiger charge is -2.21. The lowest BCUT2D eigenvalue weighted by atomic mass is 10.2. The molecule has 2 N–H and O–H groups in total. The number of carbonyl (C=O) groups excluding carboxylic acids is 1. The molecule has 8 heteroatoms. The van der Waals surface area contributed by atoms with Gasteiger partial charge in [0, 0.05) is 6.54 Å². The monoisotopic (exact) mass is 423 g/mol. The Morgan fingerprint density at radius 1 is 0.967 bits per heavy atom.